The van der Waals surface area contributed by atoms with Crippen LogP contribution >= 0.6 is 11.6 Å². The number of urea groups is 1. The van der Waals surface area contributed by atoms with Gasteiger partial charge >= 0.3 is 6.03 Å². The van der Waals surface area contributed by atoms with Crippen molar-refractivity contribution in [1.82, 2.24) is 9.88 Å². The molecule has 4 amide bonds. The van der Waals surface area contributed by atoms with Crippen molar-refractivity contribution in [2.75, 3.05) is 4.90 Å². The van der Waals surface area contributed by atoms with Crippen LogP contribution in [0.2, 0.25) is 5.02 Å². The molecule has 0 spiro atoms. The lowest BCUT2D eigenvalue weighted by Crippen LogP contribution is -2.54. The maximum atomic E-state index is 13.3. The summed E-state index contributed by atoms with van der Waals surface area (Å²) in [6, 6.07) is 20.2. The van der Waals surface area contributed by atoms with Gasteiger partial charge in [-0.1, -0.05) is 65.7 Å². The van der Waals surface area contributed by atoms with Gasteiger partial charge in [-0.05, 0) is 49.2 Å². The van der Waals surface area contributed by atoms with Gasteiger partial charge in [-0.3, -0.25) is 14.9 Å². The van der Waals surface area contributed by atoms with E-state index >= 15 is 0 Å². The highest BCUT2D eigenvalue weighted by Gasteiger charge is 2.37. The van der Waals surface area contributed by atoms with E-state index in [0.29, 0.717) is 22.8 Å². The maximum Gasteiger partial charge on any atom is 0.335 e. The van der Waals surface area contributed by atoms with E-state index < -0.39 is 17.8 Å². The first kappa shape index (κ1) is 22.6. The zero-order chi connectivity index (χ0) is 24.7. The number of halogens is 1. The third-order valence-corrected chi connectivity index (χ3v) is 6.52. The number of aryl methyl sites for hydroxylation is 2. The zero-order valence-corrected chi connectivity index (χ0v) is 20.0. The summed E-state index contributed by atoms with van der Waals surface area (Å²) in [6.07, 6.45) is 3.46. The molecule has 35 heavy (non-hydrogen) atoms. The third kappa shape index (κ3) is 4.24. The van der Waals surface area contributed by atoms with E-state index in [-0.39, 0.29) is 5.57 Å². The molecule has 1 aliphatic rings. The third-order valence-electron chi connectivity index (χ3n) is 6.11. The number of para-hydroxylation sites is 1. The quantitative estimate of drug-likeness (QED) is 0.302. The van der Waals surface area contributed by atoms with Gasteiger partial charge in [-0.2, -0.15) is 0 Å². The first-order valence-electron chi connectivity index (χ1n) is 11.1. The number of nitrogens with zero attached hydrogens (tertiary/aromatic N) is 2. The summed E-state index contributed by atoms with van der Waals surface area (Å²) in [4.78, 5) is 39.5. The van der Waals surface area contributed by atoms with E-state index in [9.17, 15) is 14.4 Å². The molecule has 7 heteroatoms. The summed E-state index contributed by atoms with van der Waals surface area (Å²) in [7, 11) is 0. The van der Waals surface area contributed by atoms with E-state index in [1.807, 2.05) is 44.3 Å². The van der Waals surface area contributed by atoms with Crippen LogP contribution in [0.5, 0.6) is 0 Å². The predicted molar refractivity (Wildman–Crippen MR) is 137 cm³/mol. The smallest absolute Gasteiger partial charge is 0.335 e. The molecule has 0 radical (unpaired) electrons. The number of rotatable bonds is 4. The van der Waals surface area contributed by atoms with E-state index in [4.69, 9.17) is 11.6 Å². The molecule has 1 aliphatic heterocycles. The first-order valence-corrected chi connectivity index (χ1v) is 11.5. The summed E-state index contributed by atoms with van der Waals surface area (Å²) < 4.78 is 2.08. The minimum Gasteiger partial charge on any atom is -0.342 e. The fraction of sp³-hybridized carbons (Fsp3) is 0.107. The summed E-state index contributed by atoms with van der Waals surface area (Å²) in [6.45, 7) is 4.51. The Balaban J connectivity index is 1.56. The van der Waals surface area contributed by atoms with Crippen LogP contribution in [0.3, 0.4) is 0 Å². The number of benzene rings is 3. The van der Waals surface area contributed by atoms with Crippen LogP contribution in [0.15, 0.2) is 78.5 Å². The molecule has 0 unspecified atom stereocenters. The average Bonchev–Trinajstić information content (AvgIpc) is 3.17. The number of imide groups is 2. The van der Waals surface area contributed by atoms with Crippen LogP contribution in [-0.4, -0.2) is 22.4 Å². The molecule has 1 N–H and O–H groups in total. The van der Waals surface area contributed by atoms with Crippen molar-refractivity contribution in [3.63, 3.8) is 0 Å². The van der Waals surface area contributed by atoms with Gasteiger partial charge in [0, 0.05) is 34.2 Å². The predicted octanol–water partition coefficient (Wildman–Crippen LogP) is 5.63. The van der Waals surface area contributed by atoms with Crippen LogP contribution in [0.25, 0.3) is 17.0 Å². The van der Waals surface area contributed by atoms with Gasteiger partial charge in [-0.15, -0.1) is 0 Å². The van der Waals surface area contributed by atoms with E-state index in [1.165, 1.54) is 11.6 Å². The summed E-state index contributed by atoms with van der Waals surface area (Å²) >= 11 is 6.21. The molecule has 174 valence electrons. The Labute approximate surface area is 207 Å². The molecule has 0 bridgehead atoms. The lowest BCUT2D eigenvalue weighted by atomic mass is 10.1. The monoisotopic (exact) mass is 483 g/mol. The molecule has 3 aromatic carbocycles. The molecule has 0 aliphatic carbocycles. The molecular formula is C28H22ClN3O3. The number of aromatic nitrogens is 1. The Kier molecular flexibility index (Phi) is 5.75. The lowest BCUT2D eigenvalue weighted by molar-refractivity contribution is -0.122. The molecule has 6 nitrogen and oxygen atoms in total. The second-order valence-electron chi connectivity index (χ2n) is 8.61. The van der Waals surface area contributed by atoms with Gasteiger partial charge in [0.15, 0.2) is 0 Å². The molecule has 1 fully saturated rings. The van der Waals surface area contributed by atoms with Crippen molar-refractivity contribution < 1.29 is 14.4 Å². The van der Waals surface area contributed by atoms with Crippen molar-refractivity contribution in [3.8, 4) is 0 Å². The topological polar surface area (TPSA) is 71.4 Å². The van der Waals surface area contributed by atoms with Crippen molar-refractivity contribution >= 4 is 52.1 Å². The number of amides is 4. The summed E-state index contributed by atoms with van der Waals surface area (Å²) in [5, 5.41) is 3.59. The molecule has 0 atom stereocenters. The largest absolute Gasteiger partial charge is 0.342 e. The highest BCUT2D eigenvalue weighted by molar-refractivity contribution is 6.39. The van der Waals surface area contributed by atoms with Gasteiger partial charge in [-0.25, -0.2) is 9.69 Å². The fourth-order valence-electron chi connectivity index (χ4n) is 4.18. The maximum absolute atomic E-state index is 13.3. The Hall–Kier alpha value is -4.16. The normalized spacial score (nSPS) is 15.2. The standard InChI is InChI=1S/C28H22ClN3O3/c1-17-7-10-19(11-8-17)15-31-16-20(22-5-3-4-6-25(22)31)13-23-26(33)30-28(35)32(27(23)34)21-12-9-18(2)24(29)14-21/h3-14,16H,15H2,1-2H3,(H,30,33,35). The number of hydrogen-bond donors (Lipinski definition) is 1. The number of nitrogens with one attached hydrogen (secondary N) is 1. The molecule has 5 rings (SSSR count). The first-order chi connectivity index (χ1) is 16.8. The molecule has 1 saturated heterocycles. The highest BCUT2D eigenvalue weighted by Crippen LogP contribution is 2.29. The second-order valence-corrected chi connectivity index (χ2v) is 9.01. The van der Waals surface area contributed by atoms with Crippen LogP contribution in [-0.2, 0) is 16.1 Å². The minimum atomic E-state index is -0.807. The molecule has 0 saturated carbocycles. The summed E-state index contributed by atoms with van der Waals surface area (Å²) in [5.74, 6) is -1.43. The minimum absolute atomic E-state index is 0.125. The Bertz CT molecular complexity index is 1530. The number of anilines is 1. The summed E-state index contributed by atoms with van der Waals surface area (Å²) in [5.41, 5.74) is 4.99. The van der Waals surface area contributed by atoms with Crippen LogP contribution in [0.1, 0.15) is 22.3 Å². The Morgan fingerprint density at radius 3 is 2.43 bits per heavy atom. The van der Waals surface area contributed by atoms with Crippen molar-refractivity contribution in [2.45, 2.75) is 20.4 Å². The van der Waals surface area contributed by atoms with Crippen LogP contribution in [0.4, 0.5) is 10.5 Å². The van der Waals surface area contributed by atoms with Gasteiger partial charge in [0.05, 0.1) is 5.69 Å². The van der Waals surface area contributed by atoms with Crippen molar-refractivity contribution in [3.05, 3.63) is 106 Å². The van der Waals surface area contributed by atoms with Crippen molar-refractivity contribution in [1.29, 1.82) is 0 Å². The highest BCUT2D eigenvalue weighted by atomic mass is 35.5. The molecule has 4 aromatic rings. The second kappa shape index (κ2) is 8.89. The van der Waals surface area contributed by atoms with Gasteiger partial charge in [0.1, 0.15) is 5.57 Å². The molecule has 1 aromatic heterocycles. The van der Waals surface area contributed by atoms with E-state index in [1.54, 1.807) is 18.2 Å². The lowest BCUT2D eigenvalue weighted by Gasteiger charge is -2.26. The SMILES string of the molecule is Cc1ccc(Cn2cc(C=C3C(=O)NC(=O)N(c4ccc(C)c(Cl)c4)C3=O)c3ccccc32)cc1. The van der Waals surface area contributed by atoms with Crippen LogP contribution in [0, 0.1) is 13.8 Å². The molecular weight excluding hydrogens is 462 g/mol. The zero-order valence-electron chi connectivity index (χ0n) is 19.2. The number of carbonyl (C=O) groups is 3. The Morgan fingerprint density at radius 2 is 1.69 bits per heavy atom. The fourth-order valence-corrected chi connectivity index (χ4v) is 4.35. The Morgan fingerprint density at radius 1 is 0.943 bits per heavy atom. The van der Waals surface area contributed by atoms with E-state index in [2.05, 4.69) is 34.1 Å². The van der Waals surface area contributed by atoms with Crippen LogP contribution < -0.4 is 10.2 Å². The van der Waals surface area contributed by atoms with Crippen molar-refractivity contribution in [2.24, 2.45) is 0 Å². The van der Waals surface area contributed by atoms with Gasteiger partial charge < -0.3 is 4.57 Å². The van der Waals surface area contributed by atoms with E-state index in [0.717, 1.165) is 26.9 Å². The molecule has 2 heterocycles. The van der Waals surface area contributed by atoms with Gasteiger partial charge in [0.25, 0.3) is 11.8 Å². The number of fused-ring (bicyclic) bond motifs is 1. The number of hydrogen-bond acceptors (Lipinski definition) is 3. The van der Waals surface area contributed by atoms with Gasteiger partial charge in [0.2, 0.25) is 0 Å². The number of carbonyl (C=O) groups excluding carboxylic acids is 3. The number of barbiturate groups is 1. The average molecular weight is 484 g/mol.